The predicted octanol–water partition coefficient (Wildman–Crippen LogP) is 3.97. The molecule has 3 rings (SSSR count). The summed E-state index contributed by atoms with van der Waals surface area (Å²) >= 11 is 5.81. The van der Waals surface area contributed by atoms with Gasteiger partial charge in [0.15, 0.2) is 0 Å². The maximum atomic E-state index is 13.2. The molecule has 0 radical (unpaired) electrons. The van der Waals surface area contributed by atoms with Gasteiger partial charge in [0.2, 0.25) is 0 Å². The van der Waals surface area contributed by atoms with Crippen LogP contribution in [0.2, 0.25) is 5.02 Å². The number of aromatic nitrogens is 2. The van der Waals surface area contributed by atoms with Crippen molar-refractivity contribution >= 4 is 28.2 Å². The molecule has 0 aliphatic rings. The average molecular weight is 276 g/mol. The highest BCUT2D eigenvalue weighted by Crippen LogP contribution is 2.19. The van der Waals surface area contributed by atoms with E-state index in [0.29, 0.717) is 11.6 Å². The van der Waals surface area contributed by atoms with Gasteiger partial charge in [-0.15, -0.1) is 0 Å². The first-order valence-electron chi connectivity index (χ1n) is 5.83. The van der Waals surface area contributed by atoms with Gasteiger partial charge in [-0.05, 0) is 42.0 Å². The molecule has 0 atom stereocenters. The van der Waals surface area contributed by atoms with Gasteiger partial charge in [-0.2, -0.15) is 5.10 Å². The largest absolute Gasteiger partial charge is 0.381 e. The lowest BCUT2D eigenvalue weighted by Crippen LogP contribution is -1.99. The van der Waals surface area contributed by atoms with Crippen LogP contribution in [0.25, 0.3) is 10.9 Å². The zero-order valence-electron chi connectivity index (χ0n) is 9.95. The second-order valence-corrected chi connectivity index (χ2v) is 4.74. The Labute approximate surface area is 114 Å². The molecule has 3 aromatic rings. The van der Waals surface area contributed by atoms with E-state index >= 15 is 0 Å². The molecular formula is C14H11ClFN3. The lowest BCUT2D eigenvalue weighted by Gasteiger charge is -2.07. The number of aromatic amines is 1. The Bertz CT molecular complexity index is 703. The van der Waals surface area contributed by atoms with Crippen LogP contribution in [0.15, 0.2) is 42.6 Å². The topological polar surface area (TPSA) is 40.7 Å². The Morgan fingerprint density at radius 2 is 2.11 bits per heavy atom. The first kappa shape index (κ1) is 12.0. The summed E-state index contributed by atoms with van der Waals surface area (Å²) < 4.78 is 13.2. The number of nitrogens with zero attached hydrogens (tertiary/aromatic N) is 1. The van der Waals surface area contributed by atoms with Crippen LogP contribution in [0.1, 0.15) is 5.56 Å². The van der Waals surface area contributed by atoms with Gasteiger partial charge in [-0.3, -0.25) is 5.10 Å². The molecular weight excluding hydrogens is 265 g/mol. The molecule has 0 saturated carbocycles. The molecule has 0 bridgehead atoms. The normalized spacial score (nSPS) is 10.8. The molecule has 19 heavy (non-hydrogen) atoms. The van der Waals surface area contributed by atoms with Crippen molar-refractivity contribution in [2.45, 2.75) is 6.54 Å². The summed E-state index contributed by atoms with van der Waals surface area (Å²) in [7, 11) is 0. The van der Waals surface area contributed by atoms with E-state index < -0.39 is 0 Å². The van der Waals surface area contributed by atoms with E-state index in [0.717, 1.165) is 22.2 Å². The van der Waals surface area contributed by atoms with Gasteiger partial charge < -0.3 is 5.32 Å². The van der Waals surface area contributed by atoms with E-state index in [2.05, 4.69) is 15.5 Å². The summed E-state index contributed by atoms with van der Waals surface area (Å²) in [5.41, 5.74) is 2.70. The van der Waals surface area contributed by atoms with Crippen molar-refractivity contribution in [2.24, 2.45) is 0 Å². The van der Waals surface area contributed by atoms with Gasteiger partial charge in [-0.25, -0.2) is 4.39 Å². The van der Waals surface area contributed by atoms with Gasteiger partial charge >= 0.3 is 0 Å². The molecule has 2 aromatic carbocycles. The molecule has 2 N–H and O–H groups in total. The molecule has 0 aliphatic carbocycles. The standard InChI is InChI=1S/C14H11ClFN3/c15-11-3-9(4-12(16)5-11)7-17-13-2-1-10-8-18-19-14(10)6-13/h1-6,8,17H,7H2,(H,18,19). The molecule has 5 heteroatoms. The molecule has 96 valence electrons. The fourth-order valence-corrected chi connectivity index (χ4v) is 2.21. The number of H-pyrrole nitrogens is 1. The fraction of sp³-hybridized carbons (Fsp3) is 0.0714. The minimum Gasteiger partial charge on any atom is -0.381 e. The third kappa shape index (κ3) is 2.69. The monoisotopic (exact) mass is 275 g/mol. The maximum absolute atomic E-state index is 13.2. The van der Waals surface area contributed by atoms with Crippen LogP contribution in [0.3, 0.4) is 0 Å². The van der Waals surface area contributed by atoms with E-state index in [1.54, 1.807) is 12.3 Å². The third-order valence-corrected chi connectivity index (χ3v) is 3.08. The van der Waals surface area contributed by atoms with Gasteiger partial charge in [0.1, 0.15) is 5.82 Å². The molecule has 0 fully saturated rings. The molecule has 0 saturated heterocycles. The third-order valence-electron chi connectivity index (χ3n) is 2.86. The van der Waals surface area contributed by atoms with Crippen molar-refractivity contribution in [2.75, 3.05) is 5.32 Å². The molecule has 0 unspecified atom stereocenters. The predicted molar refractivity (Wildman–Crippen MR) is 74.8 cm³/mol. The molecule has 0 amide bonds. The van der Waals surface area contributed by atoms with Crippen LogP contribution >= 0.6 is 11.6 Å². The molecule has 0 spiro atoms. The summed E-state index contributed by atoms with van der Waals surface area (Å²) in [4.78, 5) is 0. The molecule has 0 aliphatic heterocycles. The number of benzene rings is 2. The Morgan fingerprint density at radius 3 is 2.95 bits per heavy atom. The van der Waals surface area contributed by atoms with Gasteiger partial charge in [0.25, 0.3) is 0 Å². The van der Waals surface area contributed by atoms with Crippen molar-refractivity contribution in [1.82, 2.24) is 10.2 Å². The zero-order chi connectivity index (χ0) is 13.2. The number of halogens is 2. The second-order valence-electron chi connectivity index (χ2n) is 4.30. The van der Waals surface area contributed by atoms with E-state index in [-0.39, 0.29) is 5.82 Å². The fourth-order valence-electron chi connectivity index (χ4n) is 1.96. The lowest BCUT2D eigenvalue weighted by molar-refractivity contribution is 0.626. The van der Waals surface area contributed by atoms with Crippen LogP contribution < -0.4 is 5.32 Å². The van der Waals surface area contributed by atoms with Crippen LogP contribution in [0.5, 0.6) is 0 Å². The van der Waals surface area contributed by atoms with Crippen molar-refractivity contribution in [3.63, 3.8) is 0 Å². The van der Waals surface area contributed by atoms with Crippen molar-refractivity contribution in [1.29, 1.82) is 0 Å². The van der Waals surface area contributed by atoms with Crippen LogP contribution in [-0.2, 0) is 6.54 Å². The van der Waals surface area contributed by atoms with Gasteiger partial charge in [-0.1, -0.05) is 11.6 Å². The van der Waals surface area contributed by atoms with Crippen molar-refractivity contribution in [3.05, 3.63) is 59.0 Å². The Balaban J connectivity index is 1.77. The zero-order valence-corrected chi connectivity index (χ0v) is 10.7. The minimum absolute atomic E-state index is 0.326. The van der Waals surface area contributed by atoms with Crippen molar-refractivity contribution in [3.8, 4) is 0 Å². The first-order chi connectivity index (χ1) is 9.20. The Kier molecular flexibility index (Phi) is 3.09. The summed E-state index contributed by atoms with van der Waals surface area (Å²) in [5, 5.41) is 11.6. The smallest absolute Gasteiger partial charge is 0.125 e. The van der Waals surface area contributed by atoms with E-state index in [4.69, 9.17) is 11.6 Å². The van der Waals surface area contributed by atoms with E-state index in [1.165, 1.54) is 12.1 Å². The quantitative estimate of drug-likeness (QED) is 0.759. The first-order valence-corrected chi connectivity index (χ1v) is 6.20. The molecule has 1 heterocycles. The highest BCUT2D eigenvalue weighted by Gasteiger charge is 2.01. The summed E-state index contributed by atoms with van der Waals surface area (Å²) in [5.74, 6) is -0.326. The Morgan fingerprint density at radius 1 is 1.21 bits per heavy atom. The number of nitrogens with one attached hydrogen (secondary N) is 2. The molecule has 3 nitrogen and oxygen atoms in total. The maximum Gasteiger partial charge on any atom is 0.125 e. The second kappa shape index (κ2) is 4.90. The lowest BCUT2D eigenvalue weighted by atomic mass is 10.2. The van der Waals surface area contributed by atoms with E-state index in [9.17, 15) is 4.39 Å². The summed E-state index contributed by atoms with van der Waals surface area (Å²) in [6.07, 6.45) is 1.77. The summed E-state index contributed by atoms with van der Waals surface area (Å²) in [6, 6.07) is 10.4. The van der Waals surface area contributed by atoms with Gasteiger partial charge in [0.05, 0.1) is 11.7 Å². The van der Waals surface area contributed by atoms with Crippen LogP contribution in [0, 0.1) is 5.82 Å². The van der Waals surface area contributed by atoms with Crippen molar-refractivity contribution < 1.29 is 4.39 Å². The van der Waals surface area contributed by atoms with Crippen LogP contribution in [0.4, 0.5) is 10.1 Å². The Hall–Kier alpha value is -2.07. The number of hydrogen-bond donors (Lipinski definition) is 2. The summed E-state index contributed by atoms with van der Waals surface area (Å²) in [6.45, 7) is 0.511. The highest BCUT2D eigenvalue weighted by atomic mass is 35.5. The van der Waals surface area contributed by atoms with Crippen LogP contribution in [-0.4, -0.2) is 10.2 Å². The number of anilines is 1. The number of rotatable bonds is 3. The van der Waals surface area contributed by atoms with E-state index in [1.807, 2.05) is 18.2 Å². The van der Waals surface area contributed by atoms with Gasteiger partial charge in [0, 0.05) is 22.6 Å². The number of fused-ring (bicyclic) bond motifs is 1. The average Bonchev–Trinajstić information content (AvgIpc) is 2.82. The highest BCUT2D eigenvalue weighted by molar-refractivity contribution is 6.30. The SMILES string of the molecule is Fc1cc(Cl)cc(CNc2ccc3cn[nH]c3c2)c1. The number of hydrogen-bond acceptors (Lipinski definition) is 2. The molecule has 1 aromatic heterocycles. The minimum atomic E-state index is -0.326.